The fourth-order valence-electron chi connectivity index (χ4n) is 2.74. The van der Waals surface area contributed by atoms with Gasteiger partial charge in [-0.2, -0.15) is 0 Å². The molecule has 2 rings (SSSR count). The molecule has 1 amide bonds. The Kier molecular flexibility index (Phi) is 2.99. The van der Waals surface area contributed by atoms with Crippen LogP contribution in [0.5, 0.6) is 0 Å². The van der Waals surface area contributed by atoms with Crippen molar-refractivity contribution in [2.75, 3.05) is 0 Å². The van der Waals surface area contributed by atoms with Gasteiger partial charge in [0.05, 0.1) is 12.0 Å². The molecule has 0 bridgehead atoms. The standard InChI is InChI=1S/C12H17NO3/c1-8-10(12(15)16)7-11(14)13(8)9-5-3-2-4-6-9/h9H,2-7H2,1H3,(H,15,16). The highest BCUT2D eigenvalue weighted by Crippen LogP contribution is 2.32. The molecule has 1 heterocycles. The molecule has 0 spiro atoms. The van der Waals surface area contributed by atoms with Crippen molar-refractivity contribution >= 4 is 11.9 Å². The Morgan fingerprint density at radius 2 is 1.94 bits per heavy atom. The minimum absolute atomic E-state index is 0.0400. The van der Waals surface area contributed by atoms with E-state index in [1.807, 2.05) is 0 Å². The summed E-state index contributed by atoms with van der Waals surface area (Å²) in [7, 11) is 0. The number of hydrogen-bond acceptors (Lipinski definition) is 2. The molecule has 0 unspecified atom stereocenters. The van der Waals surface area contributed by atoms with E-state index in [4.69, 9.17) is 5.11 Å². The van der Waals surface area contributed by atoms with Crippen molar-refractivity contribution in [3.8, 4) is 0 Å². The molecule has 4 heteroatoms. The molecule has 0 aromatic rings. The van der Waals surface area contributed by atoms with Crippen LogP contribution in [-0.4, -0.2) is 27.9 Å². The molecule has 1 fully saturated rings. The van der Waals surface area contributed by atoms with Crippen molar-refractivity contribution in [2.24, 2.45) is 0 Å². The summed E-state index contributed by atoms with van der Waals surface area (Å²) in [4.78, 5) is 24.5. The summed E-state index contributed by atoms with van der Waals surface area (Å²) in [6.45, 7) is 1.75. The monoisotopic (exact) mass is 223 g/mol. The van der Waals surface area contributed by atoms with E-state index in [-0.39, 0.29) is 23.9 Å². The molecule has 0 atom stereocenters. The number of amides is 1. The molecule has 0 aromatic carbocycles. The van der Waals surface area contributed by atoms with Gasteiger partial charge in [-0.1, -0.05) is 19.3 Å². The van der Waals surface area contributed by atoms with Crippen molar-refractivity contribution in [1.82, 2.24) is 4.90 Å². The van der Waals surface area contributed by atoms with Crippen molar-refractivity contribution in [2.45, 2.75) is 51.5 Å². The van der Waals surface area contributed by atoms with Crippen LogP contribution < -0.4 is 0 Å². The van der Waals surface area contributed by atoms with Gasteiger partial charge in [0.2, 0.25) is 5.91 Å². The average molecular weight is 223 g/mol. The summed E-state index contributed by atoms with van der Waals surface area (Å²) in [5.41, 5.74) is 0.931. The first-order valence-electron chi connectivity index (χ1n) is 5.86. The molecular formula is C12H17NO3. The van der Waals surface area contributed by atoms with Crippen LogP contribution in [0.3, 0.4) is 0 Å². The maximum atomic E-state index is 11.8. The van der Waals surface area contributed by atoms with Crippen LogP contribution in [0.25, 0.3) is 0 Å². The largest absolute Gasteiger partial charge is 0.478 e. The highest BCUT2D eigenvalue weighted by Gasteiger charge is 2.35. The van der Waals surface area contributed by atoms with Crippen LogP contribution in [0.15, 0.2) is 11.3 Å². The summed E-state index contributed by atoms with van der Waals surface area (Å²) in [5, 5.41) is 8.98. The van der Waals surface area contributed by atoms with Crippen LogP contribution in [0.1, 0.15) is 45.4 Å². The Bertz CT molecular complexity index is 353. The number of nitrogens with zero attached hydrogens (tertiary/aromatic N) is 1. The van der Waals surface area contributed by atoms with E-state index in [0.717, 1.165) is 25.7 Å². The first-order valence-corrected chi connectivity index (χ1v) is 5.86. The second kappa shape index (κ2) is 4.28. The number of carbonyl (C=O) groups excluding carboxylic acids is 1. The maximum Gasteiger partial charge on any atom is 0.333 e. The molecule has 4 nitrogen and oxygen atoms in total. The van der Waals surface area contributed by atoms with Crippen LogP contribution in [0, 0.1) is 0 Å². The van der Waals surface area contributed by atoms with Crippen LogP contribution in [0.4, 0.5) is 0 Å². The van der Waals surface area contributed by atoms with E-state index in [1.165, 1.54) is 6.42 Å². The highest BCUT2D eigenvalue weighted by atomic mass is 16.4. The number of carbonyl (C=O) groups is 2. The molecule has 1 saturated carbocycles. The summed E-state index contributed by atoms with van der Waals surface area (Å²) in [6, 6.07) is 0.234. The molecule has 88 valence electrons. The molecule has 0 aromatic heterocycles. The lowest BCUT2D eigenvalue weighted by Gasteiger charge is -2.32. The third kappa shape index (κ3) is 1.84. The summed E-state index contributed by atoms with van der Waals surface area (Å²) >= 11 is 0. The molecule has 1 aliphatic carbocycles. The molecule has 16 heavy (non-hydrogen) atoms. The number of rotatable bonds is 2. The van der Waals surface area contributed by atoms with Crippen molar-refractivity contribution in [1.29, 1.82) is 0 Å². The Balaban J connectivity index is 2.20. The topological polar surface area (TPSA) is 57.6 Å². The third-order valence-electron chi connectivity index (χ3n) is 3.59. The summed E-state index contributed by atoms with van der Waals surface area (Å²) in [5.74, 6) is -0.994. The molecule has 0 radical (unpaired) electrons. The Hall–Kier alpha value is -1.32. The van der Waals surface area contributed by atoms with Gasteiger partial charge in [-0.15, -0.1) is 0 Å². The maximum absolute atomic E-state index is 11.8. The lowest BCUT2D eigenvalue weighted by Crippen LogP contribution is -2.37. The predicted molar refractivity (Wildman–Crippen MR) is 58.7 cm³/mol. The van der Waals surface area contributed by atoms with Gasteiger partial charge < -0.3 is 10.0 Å². The highest BCUT2D eigenvalue weighted by molar-refractivity contribution is 5.99. The zero-order valence-corrected chi connectivity index (χ0v) is 9.53. The number of allylic oxidation sites excluding steroid dienone is 1. The van der Waals surface area contributed by atoms with Gasteiger partial charge in [-0.05, 0) is 19.8 Å². The number of carboxylic acid groups (broad SMARTS) is 1. The smallest absolute Gasteiger partial charge is 0.333 e. The van der Waals surface area contributed by atoms with Gasteiger partial charge in [0.15, 0.2) is 0 Å². The van der Waals surface area contributed by atoms with Crippen molar-refractivity contribution < 1.29 is 14.7 Å². The zero-order chi connectivity index (χ0) is 11.7. The lowest BCUT2D eigenvalue weighted by atomic mass is 9.94. The van der Waals surface area contributed by atoms with Crippen LogP contribution >= 0.6 is 0 Å². The predicted octanol–water partition coefficient (Wildman–Crippen LogP) is 1.91. The van der Waals surface area contributed by atoms with E-state index in [9.17, 15) is 9.59 Å². The van der Waals surface area contributed by atoms with E-state index in [2.05, 4.69) is 0 Å². The average Bonchev–Trinajstić information content (AvgIpc) is 2.56. The molecule has 1 N–H and O–H groups in total. The van der Waals surface area contributed by atoms with E-state index in [1.54, 1.807) is 11.8 Å². The van der Waals surface area contributed by atoms with Gasteiger partial charge in [0.1, 0.15) is 0 Å². The first-order chi connectivity index (χ1) is 7.61. The van der Waals surface area contributed by atoms with Gasteiger partial charge in [0.25, 0.3) is 0 Å². The summed E-state index contributed by atoms with van der Waals surface area (Å²) in [6.07, 6.45) is 5.60. The quantitative estimate of drug-likeness (QED) is 0.778. The molecule has 0 saturated heterocycles. The van der Waals surface area contributed by atoms with Crippen LogP contribution in [0.2, 0.25) is 0 Å². The minimum atomic E-state index is -0.954. The van der Waals surface area contributed by atoms with Crippen LogP contribution in [-0.2, 0) is 9.59 Å². The minimum Gasteiger partial charge on any atom is -0.478 e. The van der Waals surface area contributed by atoms with Crippen molar-refractivity contribution in [3.05, 3.63) is 11.3 Å². The molecule has 2 aliphatic rings. The molecular weight excluding hydrogens is 206 g/mol. The number of carboxylic acids is 1. The fraction of sp³-hybridized carbons (Fsp3) is 0.667. The van der Waals surface area contributed by atoms with E-state index >= 15 is 0 Å². The molecule has 1 aliphatic heterocycles. The number of hydrogen-bond donors (Lipinski definition) is 1. The Morgan fingerprint density at radius 1 is 1.31 bits per heavy atom. The SMILES string of the molecule is CC1=C(C(=O)O)CC(=O)N1C1CCCCC1. The second-order valence-corrected chi connectivity index (χ2v) is 4.60. The van der Waals surface area contributed by atoms with E-state index in [0.29, 0.717) is 5.70 Å². The van der Waals surface area contributed by atoms with Gasteiger partial charge >= 0.3 is 5.97 Å². The normalized spacial score (nSPS) is 23.1. The summed E-state index contributed by atoms with van der Waals surface area (Å²) < 4.78 is 0. The fourth-order valence-corrected chi connectivity index (χ4v) is 2.74. The lowest BCUT2D eigenvalue weighted by molar-refractivity contribution is -0.134. The Morgan fingerprint density at radius 3 is 2.44 bits per heavy atom. The zero-order valence-electron chi connectivity index (χ0n) is 9.53. The second-order valence-electron chi connectivity index (χ2n) is 4.60. The van der Waals surface area contributed by atoms with Crippen molar-refractivity contribution in [3.63, 3.8) is 0 Å². The van der Waals surface area contributed by atoms with Gasteiger partial charge in [-0.3, -0.25) is 4.79 Å². The third-order valence-corrected chi connectivity index (χ3v) is 3.59. The Labute approximate surface area is 94.9 Å². The van der Waals surface area contributed by atoms with Gasteiger partial charge in [0, 0.05) is 11.7 Å². The van der Waals surface area contributed by atoms with Gasteiger partial charge in [-0.25, -0.2) is 4.79 Å². The first kappa shape index (κ1) is 11.2. The number of aliphatic carboxylic acids is 1. The van der Waals surface area contributed by atoms with E-state index < -0.39 is 5.97 Å².